The fourth-order valence-electron chi connectivity index (χ4n) is 3.66. The number of carbonyl (C=O) groups excluding carboxylic acids is 2. The van der Waals surface area contributed by atoms with Crippen LogP contribution in [-0.4, -0.2) is 18.4 Å². The molecule has 5 nitrogen and oxygen atoms in total. The van der Waals surface area contributed by atoms with E-state index in [0.717, 1.165) is 21.7 Å². The second-order valence-electron chi connectivity index (χ2n) is 7.55. The monoisotopic (exact) mass is 446 g/mol. The van der Waals surface area contributed by atoms with E-state index >= 15 is 0 Å². The molecule has 0 saturated carbocycles. The number of rotatable bonds is 6. The van der Waals surface area contributed by atoms with Crippen molar-refractivity contribution in [3.05, 3.63) is 94.1 Å². The summed E-state index contributed by atoms with van der Waals surface area (Å²) in [6.45, 7) is 6.37. The van der Waals surface area contributed by atoms with Gasteiger partial charge in [-0.05, 0) is 67.8 Å². The van der Waals surface area contributed by atoms with E-state index < -0.39 is 11.8 Å². The lowest BCUT2D eigenvalue weighted by Crippen LogP contribution is -2.32. The van der Waals surface area contributed by atoms with Gasteiger partial charge < -0.3 is 10.1 Å². The van der Waals surface area contributed by atoms with Gasteiger partial charge in [-0.2, -0.15) is 0 Å². The molecular formula is C26H23ClN2O3. The Morgan fingerprint density at radius 2 is 1.66 bits per heavy atom. The van der Waals surface area contributed by atoms with Crippen molar-refractivity contribution in [2.45, 2.75) is 20.8 Å². The lowest BCUT2D eigenvalue weighted by Gasteiger charge is -2.17. The summed E-state index contributed by atoms with van der Waals surface area (Å²) in [5.74, 6) is -0.187. The van der Waals surface area contributed by atoms with Crippen LogP contribution in [0.5, 0.6) is 5.75 Å². The van der Waals surface area contributed by atoms with Crippen LogP contribution in [0.25, 0.3) is 5.57 Å². The Labute approximate surface area is 192 Å². The summed E-state index contributed by atoms with van der Waals surface area (Å²) in [5, 5.41) is 3.56. The summed E-state index contributed by atoms with van der Waals surface area (Å²) in [5.41, 5.74) is 4.25. The molecule has 0 atom stereocenters. The number of nitrogens with zero attached hydrogens (tertiary/aromatic N) is 1. The van der Waals surface area contributed by atoms with Crippen LogP contribution in [0.15, 0.2) is 72.4 Å². The Morgan fingerprint density at radius 3 is 2.34 bits per heavy atom. The molecule has 1 aliphatic rings. The Kier molecular flexibility index (Phi) is 6.01. The number of amides is 2. The Balaban J connectivity index is 1.84. The number of ether oxygens (including phenoxy) is 1. The highest BCUT2D eigenvalue weighted by Gasteiger charge is 2.41. The zero-order valence-electron chi connectivity index (χ0n) is 18.1. The number of benzene rings is 3. The van der Waals surface area contributed by atoms with Gasteiger partial charge in [-0.3, -0.25) is 9.59 Å². The average Bonchev–Trinajstić information content (AvgIpc) is 3.01. The van der Waals surface area contributed by atoms with Gasteiger partial charge in [0.25, 0.3) is 11.8 Å². The van der Waals surface area contributed by atoms with Crippen LogP contribution < -0.4 is 15.0 Å². The van der Waals surface area contributed by atoms with E-state index in [4.69, 9.17) is 16.3 Å². The summed E-state index contributed by atoms with van der Waals surface area (Å²) in [7, 11) is 0. The number of hydrogen-bond donors (Lipinski definition) is 1. The van der Waals surface area contributed by atoms with Gasteiger partial charge in [0.2, 0.25) is 0 Å². The van der Waals surface area contributed by atoms with E-state index in [-0.39, 0.29) is 5.70 Å². The van der Waals surface area contributed by atoms with Crippen LogP contribution in [0.3, 0.4) is 0 Å². The van der Waals surface area contributed by atoms with Gasteiger partial charge in [-0.1, -0.05) is 48.0 Å². The van der Waals surface area contributed by atoms with Crippen LogP contribution in [0.2, 0.25) is 5.02 Å². The number of nitrogens with one attached hydrogen (secondary N) is 1. The van der Waals surface area contributed by atoms with Crippen molar-refractivity contribution in [2.24, 2.45) is 0 Å². The number of carbonyl (C=O) groups is 2. The first kappa shape index (κ1) is 21.7. The fourth-order valence-corrected chi connectivity index (χ4v) is 3.88. The van der Waals surface area contributed by atoms with Crippen molar-refractivity contribution < 1.29 is 14.3 Å². The van der Waals surface area contributed by atoms with Gasteiger partial charge >= 0.3 is 0 Å². The van der Waals surface area contributed by atoms with Crippen molar-refractivity contribution >= 4 is 40.4 Å². The van der Waals surface area contributed by atoms with E-state index in [1.807, 2.05) is 39.0 Å². The molecule has 1 heterocycles. The first-order valence-corrected chi connectivity index (χ1v) is 10.7. The van der Waals surface area contributed by atoms with Crippen molar-refractivity contribution in [1.82, 2.24) is 0 Å². The van der Waals surface area contributed by atoms with Gasteiger partial charge in [0.15, 0.2) is 0 Å². The summed E-state index contributed by atoms with van der Waals surface area (Å²) >= 11 is 6.34. The molecule has 3 aromatic rings. The fraction of sp³-hybridized carbons (Fsp3) is 0.154. The number of anilines is 2. The molecule has 2 amide bonds. The van der Waals surface area contributed by atoms with Crippen LogP contribution in [0.4, 0.5) is 11.4 Å². The van der Waals surface area contributed by atoms with E-state index in [2.05, 4.69) is 5.32 Å². The normalized spacial score (nSPS) is 13.7. The number of para-hydroxylation sites is 1. The third-order valence-electron chi connectivity index (χ3n) is 5.28. The van der Waals surface area contributed by atoms with E-state index in [1.165, 1.54) is 0 Å². The quantitative estimate of drug-likeness (QED) is 0.489. The highest BCUT2D eigenvalue weighted by molar-refractivity contribution is 6.48. The predicted octanol–water partition coefficient (Wildman–Crippen LogP) is 5.75. The minimum atomic E-state index is -0.451. The molecule has 32 heavy (non-hydrogen) atoms. The molecule has 6 heteroatoms. The van der Waals surface area contributed by atoms with Crippen LogP contribution in [0, 0.1) is 13.8 Å². The zero-order chi connectivity index (χ0) is 22.8. The number of hydrogen-bond acceptors (Lipinski definition) is 4. The summed E-state index contributed by atoms with van der Waals surface area (Å²) in [6.07, 6.45) is 0. The molecule has 1 N–H and O–H groups in total. The Morgan fingerprint density at radius 1 is 0.938 bits per heavy atom. The lowest BCUT2D eigenvalue weighted by molar-refractivity contribution is -0.120. The smallest absolute Gasteiger partial charge is 0.282 e. The second-order valence-corrected chi connectivity index (χ2v) is 7.96. The SMILES string of the molecule is CCOc1ccc(C2=C(Nc3cc(C)ccc3C)C(=O)N(c3ccccc3Cl)C2=O)cc1. The first-order chi connectivity index (χ1) is 15.4. The highest BCUT2D eigenvalue weighted by Crippen LogP contribution is 2.37. The van der Waals surface area contributed by atoms with Crippen molar-refractivity contribution in [3.63, 3.8) is 0 Å². The van der Waals surface area contributed by atoms with Crippen LogP contribution >= 0.6 is 11.6 Å². The summed E-state index contributed by atoms with van der Waals surface area (Å²) in [6, 6.07) is 19.9. The first-order valence-electron chi connectivity index (χ1n) is 10.4. The standard InChI is InChI=1S/C26H23ClN2O3/c1-4-32-19-13-11-18(12-14-19)23-24(28-21-15-16(2)9-10-17(21)3)26(31)29(25(23)30)22-8-6-5-7-20(22)27/h5-15,28H,4H2,1-3H3. The largest absolute Gasteiger partial charge is 0.494 e. The van der Waals surface area contributed by atoms with Gasteiger partial charge in [0.1, 0.15) is 11.4 Å². The topological polar surface area (TPSA) is 58.6 Å². The maximum absolute atomic E-state index is 13.5. The number of aryl methyl sites for hydroxylation is 2. The molecule has 0 unspecified atom stereocenters. The lowest BCUT2D eigenvalue weighted by atomic mass is 10.0. The third-order valence-corrected chi connectivity index (χ3v) is 5.60. The van der Waals surface area contributed by atoms with E-state index in [1.54, 1.807) is 48.5 Å². The number of halogens is 1. The Hall–Kier alpha value is -3.57. The Bertz CT molecular complexity index is 1230. The minimum absolute atomic E-state index is 0.216. The van der Waals surface area contributed by atoms with Crippen molar-refractivity contribution in [2.75, 3.05) is 16.8 Å². The molecule has 0 saturated heterocycles. The van der Waals surface area contributed by atoms with Gasteiger partial charge in [0.05, 0.1) is 22.9 Å². The van der Waals surface area contributed by atoms with Crippen molar-refractivity contribution in [1.29, 1.82) is 0 Å². The zero-order valence-corrected chi connectivity index (χ0v) is 18.9. The van der Waals surface area contributed by atoms with Gasteiger partial charge in [0, 0.05) is 5.69 Å². The number of imide groups is 1. The van der Waals surface area contributed by atoms with E-state index in [0.29, 0.717) is 34.2 Å². The summed E-state index contributed by atoms with van der Waals surface area (Å²) < 4.78 is 5.52. The molecule has 0 aliphatic carbocycles. The molecule has 0 spiro atoms. The minimum Gasteiger partial charge on any atom is -0.494 e. The van der Waals surface area contributed by atoms with Gasteiger partial charge in [-0.25, -0.2) is 4.90 Å². The maximum atomic E-state index is 13.5. The molecule has 0 aromatic heterocycles. The molecule has 0 fully saturated rings. The molecule has 3 aromatic carbocycles. The van der Waals surface area contributed by atoms with Gasteiger partial charge in [-0.15, -0.1) is 0 Å². The molecule has 4 rings (SSSR count). The second kappa shape index (κ2) is 8.89. The van der Waals surface area contributed by atoms with E-state index in [9.17, 15) is 9.59 Å². The molecule has 1 aliphatic heterocycles. The average molecular weight is 447 g/mol. The highest BCUT2D eigenvalue weighted by atomic mass is 35.5. The third kappa shape index (κ3) is 3.99. The van der Waals surface area contributed by atoms with Crippen LogP contribution in [-0.2, 0) is 9.59 Å². The van der Waals surface area contributed by atoms with Crippen molar-refractivity contribution in [3.8, 4) is 5.75 Å². The molecule has 0 radical (unpaired) electrons. The molecule has 0 bridgehead atoms. The maximum Gasteiger partial charge on any atom is 0.282 e. The summed E-state index contributed by atoms with van der Waals surface area (Å²) in [4.78, 5) is 28.2. The van der Waals surface area contributed by atoms with Crippen LogP contribution in [0.1, 0.15) is 23.6 Å². The predicted molar refractivity (Wildman–Crippen MR) is 128 cm³/mol. The molecule has 162 valence electrons. The molecular weight excluding hydrogens is 424 g/mol.